The largest absolute Gasteiger partial charge is 0.373 e. The number of benzene rings is 1. The Morgan fingerprint density at radius 3 is 2.06 bits per heavy atom. The molecule has 3 aromatic heterocycles. The Morgan fingerprint density at radius 2 is 1.61 bits per heavy atom. The molecule has 0 amide bonds. The van der Waals surface area contributed by atoms with E-state index in [1.165, 1.54) is 0 Å². The molecule has 5 rings (SSSR count). The number of rotatable bonds is 6. The number of aliphatic hydroxyl groups is 1. The topological polar surface area (TPSA) is 72.0 Å². The number of halogens is 3. The molecule has 0 atom stereocenters. The second kappa shape index (κ2) is 8.52. The van der Waals surface area contributed by atoms with Gasteiger partial charge in [0.2, 0.25) is 5.92 Å². The molecular weight excluding hydrogens is 486 g/mol. The first-order valence-corrected chi connectivity index (χ1v) is 12.2. The van der Waals surface area contributed by atoms with E-state index in [-0.39, 0.29) is 5.15 Å². The van der Waals surface area contributed by atoms with Crippen molar-refractivity contribution in [2.75, 3.05) is 18.0 Å². The van der Waals surface area contributed by atoms with Gasteiger partial charge in [0.15, 0.2) is 5.60 Å². The van der Waals surface area contributed by atoms with Gasteiger partial charge in [0.25, 0.3) is 0 Å². The van der Waals surface area contributed by atoms with Crippen LogP contribution in [0.5, 0.6) is 0 Å². The van der Waals surface area contributed by atoms with E-state index >= 15 is 0 Å². The second-order valence-electron chi connectivity index (χ2n) is 9.76. The highest BCUT2D eigenvalue weighted by Crippen LogP contribution is 2.43. The summed E-state index contributed by atoms with van der Waals surface area (Å²) in [5, 5.41) is 13.2. The van der Waals surface area contributed by atoms with E-state index in [9.17, 15) is 13.9 Å². The van der Waals surface area contributed by atoms with Crippen LogP contribution in [0.15, 0.2) is 30.6 Å². The minimum atomic E-state index is -2.95. The molecule has 1 aromatic carbocycles. The number of nitrogens with zero attached hydrogens (tertiary/aromatic N) is 6. The van der Waals surface area contributed by atoms with Crippen LogP contribution in [-0.4, -0.2) is 48.2 Å². The van der Waals surface area contributed by atoms with E-state index in [1.807, 2.05) is 43.1 Å². The van der Waals surface area contributed by atoms with Gasteiger partial charge in [-0.25, -0.2) is 23.7 Å². The number of fused-ring (bicyclic) bond motifs is 1. The van der Waals surface area contributed by atoms with Gasteiger partial charge >= 0.3 is 0 Å². The molecule has 4 aromatic rings. The smallest absolute Gasteiger partial charge is 0.249 e. The Labute approximate surface area is 213 Å². The zero-order chi connectivity index (χ0) is 26.0. The number of alkyl halides is 2. The number of hydrogen-bond acceptors (Lipinski definition) is 5. The average molecular weight is 515 g/mol. The Bertz CT molecular complexity index is 1420. The van der Waals surface area contributed by atoms with Crippen molar-refractivity contribution in [1.82, 2.24) is 24.1 Å². The first-order valence-electron chi connectivity index (χ1n) is 11.9. The summed E-state index contributed by atoms with van der Waals surface area (Å²) in [7, 11) is 3.70. The maximum absolute atomic E-state index is 14.2. The van der Waals surface area contributed by atoms with Crippen LogP contribution in [0.25, 0.3) is 10.9 Å². The number of aromatic nitrogens is 5. The fraction of sp³-hybridized carbons (Fsp3) is 0.423. The highest BCUT2D eigenvalue weighted by molar-refractivity contribution is 6.31. The fourth-order valence-corrected chi connectivity index (χ4v) is 5.20. The minimum Gasteiger partial charge on any atom is -0.373 e. The summed E-state index contributed by atoms with van der Waals surface area (Å²) in [4.78, 5) is 15.4. The predicted octanol–water partition coefficient (Wildman–Crippen LogP) is 4.66. The van der Waals surface area contributed by atoms with E-state index in [1.54, 1.807) is 24.5 Å². The second-order valence-corrected chi connectivity index (χ2v) is 10.1. The molecule has 1 N–H and O–H groups in total. The first kappa shape index (κ1) is 24.6. The van der Waals surface area contributed by atoms with Crippen LogP contribution in [-0.2, 0) is 26.1 Å². The summed E-state index contributed by atoms with van der Waals surface area (Å²) in [6.07, 6.45) is 3.76. The van der Waals surface area contributed by atoms with Gasteiger partial charge in [0, 0.05) is 44.6 Å². The lowest BCUT2D eigenvalue weighted by Gasteiger charge is -2.37. The van der Waals surface area contributed by atoms with E-state index in [2.05, 4.69) is 19.9 Å². The Balaban J connectivity index is 1.82. The third-order valence-corrected chi connectivity index (χ3v) is 7.58. The summed E-state index contributed by atoms with van der Waals surface area (Å²) in [6.45, 7) is 6.11. The third-order valence-electron chi connectivity index (χ3n) is 7.26. The van der Waals surface area contributed by atoms with Crippen LogP contribution in [0.2, 0.25) is 5.15 Å². The molecule has 0 radical (unpaired) electrons. The van der Waals surface area contributed by atoms with Crippen LogP contribution in [0.4, 0.5) is 14.5 Å². The van der Waals surface area contributed by atoms with E-state index in [0.717, 1.165) is 38.1 Å². The third kappa shape index (κ3) is 3.85. The van der Waals surface area contributed by atoms with Gasteiger partial charge < -0.3 is 19.1 Å². The summed E-state index contributed by atoms with van der Waals surface area (Å²) in [5.74, 6) is -1.47. The normalized spacial score (nSPS) is 14.5. The standard InChI is InChI=1S/C26H29ClF2N6O/c1-15-30-13-21(33(15)4)26(36,22-14-31-16(2)34(22)5)17-7-8-20-18(11-17)23(35-9-6-10-35)19(24(27)32-20)12-25(3,28)29/h7-8,11,13-14,36H,6,9-10,12H2,1-5H3. The summed E-state index contributed by atoms with van der Waals surface area (Å²) in [6, 6.07) is 5.42. The molecule has 0 saturated carbocycles. The van der Waals surface area contributed by atoms with Crippen LogP contribution in [0.3, 0.4) is 0 Å². The molecule has 36 heavy (non-hydrogen) atoms. The van der Waals surface area contributed by atoms with Crippen LogP contribution < -0.4 is 4.90 Å². The van der Waals surface area contributed by atoms with Gasteiger partial charge in [-0.3, -0.25) is 0 Å². The van der Waals surface area contributed by atoms with Crippen molar-refractivity contribution >= 4 is 28.2 Å². The van der Waals surface area contributed by atoms with Crippen molar-refractivity contribution in [3.05, 3.63) is 69.9 Å². The maximum atomic E-state index is 14.2. The van der Waals surface area contributed by atoms with Crippen molar-refractivity contribution in [1.29, 1.82) is 0 Å². The molecule has 0 spiro atoms. The molecule has 190 valence electrons. The molecule has 7 nitrogen and oxygen atoms in total. The molecule has 1 aliphatic heterocycles. The van der Waals surface area contributed by atoms with Gasteiger partial charge in [0.05, 0.1) is 35.0 Å². The molecular formula is C26H29ClF2N6O. The van der Waals surface area contributed by atoms with Crippen molar-refractivity contribution in [3.8, 4) is 0 Å². The summed E-state index contributed by atoms with van der Waals surface area (Å²) >= 11 is 6.46. The molecule has 1 aliphatic rings. The number of hydrogen-bond donors (Lipinski definition) is 1. The van der Waals surface area contributed by atoms with E-state index in [4.69, 9.17) is 11.6 Å². The highest BCUT2D eigenvalue weighted by atomic mass is 35.5. The van der Waals surface area contributed by atoms with Crippen LogP contribution in [0, 0.1) is 13.8 Å². The number of aryl methyl sites for hydroxylation is 2. The summed E-state index contributed by atoms with van der Waals surface area (Å²) < 4.78 is 32.1. The zero-order valence-corrected chi connectivity index (χ0v) is 21.7. The lowest BCUT2D eigenvalue weighted by atomic mass is 9.86. The Morgan fingerprint density at radius 1 is 1.03 bits per heavy atom. The van der Waals surface area contributed by atoms with Crippen LogP contribution >= 0.6 is 11.6 Å². The lowest BCUT2D eigenvalue weighted by Crippen LogP contribution is -2.38. The van der Waals surface area contributed by atoms with E-state index in [0.29, 0.717) is 39.1 Å². The summed E-state index contributed by atoms with van der Waals surface area (Å²) in [5.41, 5.74) is 1.64. The van der Waals surface area contributed by atoms with Crippen LogP contribution in [0.1, 0.15) is 47.5 Å². The first-order chi connectivity index (χ1) is 16.9. The fourth-order valence-electron chi connectivity index (χ4n) is 4.95. The highest BCUT2D eigenvalue weighted by Gasteiger charge is 2.40. The molecule has 0 unspecified atom stereocenters. The number of anilines is 1. The maximum Gasteiger partial charge on any atom is 0.249 e. The number of pyridine rings is 1. The van der Waals surface area contributed by atoms with Gasteiger partial charge in [-0.2, -0.15) is 0 Å². The lowest BCUT2D eigenvalue weighted by molar-refractivity contribution is 0.0226. The van der Waals surface area contributed by atoms with Crippen molar-refractivity contribution < 1.29 is 13.9 Å². The van der Waals surface area contributed by atoms with Gasteiger partial charge in [-0.15, -0.1) is 0 Å². The zero-order valence-electron chi connectivity index (χ0n) is 21.0. The van der Waals surface area contributed by atoms with E-state index < -0.39 is 17.9 Å². The number of imidazole rings is 2. The molecule has 0 aliphatic carbocycles. The molecule has 4 heterocycles. The van der Waals surface area contributed by atoms with Crippen molar-refractivity contribution in [2.45, 2.75) is 45.1 Å². The minimum absolute atomic E-state index is 0.0819. The van der Waals surface area contributed by atoms with Gasteiger partial charge in [-0.05, 0) is 44.9 Å². The Kier molecular flexibility index (Phi) is 5.83. The molecule has 10 heteroatoms. The monoisotopic (exact) mass is 514 g/mol. The predicted molar refractivity (Wildman–Crippen MR) is 136 cm³/mol. The molecule has 1 saturated heterocycles. The quantitative estimate of drug-likeness (QED) is 0.379. The molecule has 0 bridgehead atoms. The van der Waals surface area contributed by atoms with Crippen molar-refractivity contribution in [3.63, 3.8) is 0 Å². The SMILES string of the molecule is Cc1ncc(C(O)(c2ccc3nc(Cl)c(CC(C)(F)F)c(N4CCC4)c3c2)c2cnc(C)n2C)n1C. The Hall–Kier alpha value is -3.04. The average Bonchev–Trinajstić information content (AvgIpc) is 3.29. The molecule has 1 fully saturated rings. The van der Waals surface area contributed by atoms with Crippen molar-refractivity contribution in [2.24, 2.45) is 14.1 Å². The van der Waals surface area contributed by atoms with Gasteiger partial charge in [0.1, 0.15) is 16.8 Å². The van der Waals surface area contributed by atoms with Gasteiger partial charge in [-0.1, -0.05) is 17.7 Å².